The maximum atomic E-state index is 3.46. The minimum atomic E-state index is 0.436. The zero-order valence-corrected chi connectivity index (χ0v) is 13.7. The van der Waals surface area contributed by atoms with E-state index in [1.54, 1.807) is 0 Å². The van der Waals surface area contributed by atoms with Crippen LogP contribution in [0.3, 0.4) is 0 Å². The maximum absolute atomic E-state index is 3.46. The third-order valence-corrected chi connectivity index (χ3v) is 5.13. The van der Waals surface area contributed by atoms with Crippen molar-refractivity contribution in [3.8, 4) is 0 Å². The molecule has 1 heterocycles. The average Bonchev–Trinajstić information content (AvgIpc) is 3.23. The van der Waals surface area contributed by atoms with E-state index in [1.165, 1.54) is 29.0 Å². The molecule has 0 spiro atoms. The minimum Gasteiger partial charge on any atom is -0.363 e. The van der Waals surface area contributed by atoms with Crippen LogP contribution in [-0.2, 0) is 6.54 Å². The van der Waals surface area contributed by atoms with Crippen LogP contribution in [0.4, 0.5) is 5.69 Å². The Bertz CT molecular complexity index is 556. The van der Waals surface area contributed by atoms with E-state index < -0.39 is 0 Å². The summed E-state index contributed by atoms with van der Waals surface area (Å²) in [5.41, 5.74) is 2.85. The quantitative estimate of drug-likeness (QED) is 0.804. The van der Waals surface area contributed by atoms with Crippen LogP contribution < -0.4 is 10.2 Å². The fourth-order valence-corrected chi connectivity index (χ4v) is 3.69. The van der Waals surface area contributed by atoms with Gasteiger partial charge in [0.05, 0.1) is 6.54 Å². The molecule has 1 aliphatic rings. The monoisotopic (exact) mass is 300 g/mol. The molecule has 1 N–H and O–H groups in total. The van der Waals surface area contributed by atoms with Crippen LogP contribution in [0.5, 0.6) is 0 Å². The van der Waals surface area contributed by atoms with Crippen LogP contribution in [0.1, 0.15) is 42.7 Å². The summed E-state index contributed by atoms with van der Waals surface area (Å²) in [7, 11) is 2.06. The van der Waals surface area contributed by atoms with Crippen LogP contribution in [0.25, 0.3) is 0 Å². The zero-order chi connectivity index (χ0) is 14.7. The third-order valence-electron chi connectivity index (χ3n) is 4.27. The first-order chi connectivity index (χ1) is 10.3. The Balaban J connectivity index is 1.92. The van der Waals surface area contributed by atoms with Crippen molar-refractivity contribution < 1.29 is 0 Å². The van der Waals surface area contributed by atoms with Crippen molar-refractivity contribution in [1.82, 2.24) is 5.32 Å². The summed E-state index contributed by atoms with van der Waals surface area (Å²) < 4.78 is 0. The van der Waals surface area contributed by atoms with E-state index in [0.29, 0.717) is 6.04 Å². The Morgan fingerprint density at radius 3 is 2.67 bits per heavy atom. The molecule has 3 heteroatoms. The smallest absolute Gasteiger partial charge is 0.0526 e. The van der Waals surface area contributed by atoms with Gasteiger partial charge in [0.1, 0.15) is 0 Å². The van der Waals surface area contributed by atoms with Gasteiger partial charge in [-0.15, -0.1) is 11.3 Å². The van der Waals surface area contributed by atoms with Crippen molar-refractivity contribution >= 4 is 17.0 Å². The molecule has 1 saturated carbocycles. The molecule has 2 aromatic rings. The lowest BCUT2D eigenvalue weighted by atomic mass is 10.0. The molecular weight excluding hydrogens is 276 g/mol. The lowest BCUT2D eigenvalue weighted by Crippen LogP contribution is -2.27. The molecule has 0 saturated heterocycles. The highest BCUT2D eigenvalue weighted by Crippen LogP contribution is 2.37. The second-order valence-electron chi connectivity index (χ2n) is 5.75. The summed E-state index contributed by atoms with van der Waals surface area (Å²) in [6.07, 6.45) is 3.77. The van der Waals surface area contributed by atoms with Crippen molar-refractivity contribution in [1.29, 1.82) is 0 Å². The van der Waals surface area contributed by atoms with E-state index in [2.05, 4.69) is 66.0 Å². The molecule has 112 valence electrons. The summed E-state index contributed by atoms with van der Waals surface area (Å²) in [5.74, 6) is 0. The fraction of sp³-hybridized carbons (Fsp3) is 0.444. The molecule has 1 atom stereocenters. The van der Waals surface area contributed by atoms with Gasteiger partial charge in [-0.3, -0.25) is 0 Å². The maximum Gasteiger partial charge on any atom is 0.0526 e. The van der Waals surface area contributed by atoms with Gasteiger partial charge in [-0.1, -0.05) is 31.2 Å². The van der Waals surface area contributed by atoms with Crippen LogP contribution >= 0.6 is 11.3 Å². The predicted octanol–water partition coefficient (Wildman–Crippen LogP) is 4.59. The number of benzene rings is 1. The van der Waals surface area contributed by atoms with Gasteiger partial charge >= 0.3 is 0 Å². The number of para-hydroxylation sites is 1. The molecule has 1 aromatic carbocycles. The summed E-state index contributed by atoms with van der Waals surface area (Å²) in [6.45, 7) is 3.29. The number of nitrogens with zero attached hydrogens (tertiary/aromatic N) is 1. The van der Waals surface area contributed by atoms with Crippen molar-refractivity contribution in [2.45, 2.75) is 44.8 Å². The molecule has 0 bridgehead atoms. The molecule has 2 nitrogen and oxygen atoms in total. The second-order valence-corrected chi connectivity index (χ2v) is 6.78. The van der Waals surface area contributed by atoms with Gasteiger partial charge in [-0.25, -0.2) is 0 Å². The number of hydrogen-bond acceptors (Lipinski definition) is 3. The number of nitrogens with one attached hydrogen (secondary N) is 1. The van der Waals surface area contributed by atoms with Gasteiger partial charge < -0.3 is 10.2 Å². The van der Waals surface area contributed by atoms with Crippen molar-refractivity contribution in [2.24, 2.45) is 0 Å². The number of thiophene rings is 1. The molecule has 1 unspecified atom stereocenters. The molecule has 1 aromatic heterocycles. The molecule has 1 aliphatic carbocycles. The first-order valence-corrected chi connectivity index (χ1v) is 8.76. The lowest BCUT2D eigenvalue weighted by molar-refractivity contribution is 0.574. The molecule has 0 radical (unpaired) electrons. The SMILES string of the molecule is CCC(NC)c1ccccc1N(Cc1cccs1)C1CC1. The van der Waals surface area contributed by atoms with Crippen LogP contribution in [0.15, 0.2) is 41.8 Å². The third kappa shape index (κ3) is 3.30. The summed E-state index contributed by atoms with van der Waals surface area (Å²) >= 11 is 1.86. The molecular formula is C18H24N2S. The number of rotatable bonds is 7. The molecule has 1 fully saturated rings. The highest BCUT2D eigenvalue weighted by molar-refractivity contribution is 7.09. The zero-order valence-electron chi connectivity index (χ0n) is 12.9. The van der Waals surface area contributed by atoms with Crippen molar-refractivity contribution in [3.63, 3.8) is 0 Å². The van der Waals surface area contributed by atoms with Crippen molar-refractivity contribution in [2.75, 3.05) is 11.9 Å². The molecule has 21 heavy (non-hydrogen) atoms. The Hall–Kier alpha value is -1.32. The van der Waals surface area contributed by atoms with Crippen molar-refractivity contribution in [3.05, 3.63) is 52.2 Å². The topological polar surface area (TPSA) is 15.3 Å². The van der Waals surface area contributed by atoms with Gasteiger partial charge in [0.25, 0.3) is 0 Å². The van der Waals surface area contributed by atoms with Gasteiger partial charge in [0.15, 0.2) is 0 Å². The highest BCUT2D eigenvalue weighted by Gasteiger charge is 2.31. The van der Waals surface area contributed by atoms with Crippen LogP contribution in [-0.4, -0.2) is 13.1 Å². The summed E-state index contributed by atoms with van der Waals surface area (Å²) in [5, 5.41) is 5.63. The Kier molecular flexibility index (Phi) is 4.61. The van der Waals surface area contributed by atoms with E-state index in [0.717, 1.165) is 19.0 Å². The Morgan fingerprint density at radius 1 is 1.24 bits per heavy atom. The number of anilines is 1. The summed E-state index contributed by atoms with van der Waals surface area (Å²) in [4.78, 5) is 4.07. The first-order valence-electron chi connectivity index (χ1n) is 7.88. The van der Waals surface area contributed by atoms with Gasteiger partial charge in [-0.2, -0.15) is 0 Å². The fourth-order valence-electron chi connectivity index (χ4n) is 2.99. The number of hydrogen-bond donors (Lipinski definition) is 1. The van der Waals surface area contributed by atoms with Crippen LogP contribution in [0, 0.1) is 0 Å². The van der Waals surface area contributed by atoms with E-state index in [-0.39, 0.29) is 0 Å². The highest BCUT2D eigenvalue weighted by atomic mass is 32.1. The van der Waals surface area contributed by atoms with Gasteiger partial charge in [-0.05, 0) is 49.4 Å². The predicted molar refractivity (Wildman–Crippen MR) is 92.1 cm³/mol. The summed E-state index contributed by atoms with van der Waals surface area (Å²) in [6, 6.07) is 14.5. The van der Waals surface area contributed by atoms with E-state index >= 15 is 0 Å². The van der Waals surface area contributed by atoms with Crippen LogP contribution in [0.2, 0.25) is 0 Å². The van der Waals surface area contributed by atoms with E-state index in [1.807, 2.05) is 11.3 Å². The van der Waals surface area contributed by atoms with Gasteiger partial charge in [0.2, 0.25) is 0 Å². The standard InChI is InChI=1S/C18H24N2S/c1-3-17(19-2)16-8-4-5-9-18(16)20(14-10-11-14)13-15-7-6-12-21-15/h4-9,12,14,17,19H,3,10-11,13H2,1-2H3. The van der Waals surface area contributed by atoms with E-state index in [4.69, 9.17) is 0 Å². The first kappa shape index (κ1) is 14.6. The molecule has 3 rings (SSSR count). The van der Waals surface area contributed by atoms with E-state index in [9.17, 15) is 0 Å². The Morgan fingerprint density at radius 2 is 2.05 bits per heavy atom. The molecule has 0 amide bonds. The lowest BCUT2D eigenvalue weighted by Gasteiger charge is -2.29. The Labute approximate surface area is 131 Å². The normalized spacial score (nSPS) is 15.9. The average molecular weight is 300 g/mol. The van der Waals surface area contributed by atoms with Gasteiger partial charge in [0, 0.05) is 22.6 Å². The molecule has 0 aliphatic heterocycles. The largest absolute Gasteiger partial charge is 0.363 e. The second kappa shape index (κ2) is 6.63. The minimum absolute atomic E-state index is 0.436.